The SMILES string of the molecule is Nc1cccc(C2(CO)CCCC2)c1. The maximum absolute atomic E-state index is 9.52. The van der Waals surface area contributed by atoms with E-state index in [2.05, 4.69) is 6.07 Å². The molecule has 0 unspecified atom stereocenters. The second-order valence-electron chi connectivity index (χ2n) is 4.27. The fourth-order valence-electron chi connectivity index (χ4n) is 2.46. The lowest BCUT2D eigenvalue weighted by Crippen LogP contribution is -2.26. The standard InChI is InChI=1S/C12H17NO/c13-11-5-3-4-10(8-11)12(9-14)6-1-2-7-12/h3-5,8,14H,1-2,6-7,9,13H2. The van der Waals surface area contributed by atoms with Gasteiger partial charge in [-0.2, -0.15) is 0 Å². The molecule has 0 aliphatic heterocycles. The van der Waals surface area contributed by atoms with Crippen LogP contribution in [0.4, 0.5) is 5.69 Å². The molecule has 1 aromatic rings. The van der Waals surface area contributed by atoms with Crippen molar-refractivity contribution in [3.05, 3.63) is 29.8 Å². The topological polar surface area (TPSA) is 46.2 Å². The third-order valence-electron chi connectivity index (χ3n) is 3.36. The van der Waals surface area contributed by atoms with Crippen LogP contribution < -0.4 is 5.73 Å². The van der Waals surface area contributed by atoms with Crippen LogP contribution in [0.2, 0.25) is 0 Å². The van der Waals surface area contributed by atoms with Gasteiger partial charge >= 0.3 is 0 Å². The maximum atomic E-state index is 9.52. The number of aliphatic hydroxyl groups is 1. The number of anilines is 1. The van der Waals surface area contributed by atoms with Crippen LogP contribution in [0, 0.1) is 0 Å². The number of aliphatic hydroxyl groups excluding tert-OH is 1. The highest BCUT2D eigenvalue weighted by molar-refractivity contribution is 5.43. The maximum Gasteiger partial charge on any atom is 0.0527 e. The highest BCUT2D eigenvalue weighted by atomic mass is 16.3. The quantitative estimate of drug-likeness (QED) is 0.703. The van der Waals surface area contributed by atoms with Gasteiger partial charge in [0.15, 0.2) is 0 Å². The number of nitrogen functional groups attached to an aromatic ring is 1. The van der Waals surface area contributed by atoms with Gasteiger partial charge in [0.05, 0.1) is 6.61 Å². The van der Waals surface area contributed by atoms with Crippen molar-refractivity contribution in [1.82, 2.24) is 0 Å². The van der Waals surface area contributed by atoms with E-state index in [4.69, 9.17) is 5.73 Å². The van der Waals surface area contributed by atoms with Crippen molar-refractivity contribution >= 4 is 5.69 Å². The third kappa shape index (κ3) is 1.50. The van der Waals surface area contributed by atoms with Crippen LogP contribution >= 0.6 is 0 Å². The van der Waals surface area contributed by atoms with E-state index in [1.807, 2.05) is 18.2 Å². The van der Waals surface area contributed by atoms with E-state index < -0.39 is 0 Å². The normalized spacial score (nSPS) is 19.8. The van der Waals surface area contributed by atoms with Crippen LogP contribution in [0.25, 0.3) is 0 Å². The summed E-state index contributed by atoms with van der Waals surface area (Å²) in [6.07, 6.45) is 4.62. The zero-order valence-corrected chi connectivity index (χ0v) is 8.37. The monoisotopic (exact) mass is 191 g/mol. The fraction of sp³-hybridized carbons (Fsp3) is 0.500. The minimum atomic E-state index is -0.00458. The van der Waals surface area contributed by atoms with Gasteiger partial charge in [-0.1, -0.05) is 25.0 Å². The van der Waals surface area contributed by atoms with Crippen molar-refractivity contribution < 1.29 is 5.11 Å². The van der Waals surface area contributed by atoms with E-state index in [0.29, 0.717) is 0 Å². The highest BCUT2D eigenvalue weighted by Gasteiger charge is 2.34. The van der Waals surface area contributed by atoms with Crippen molar-refractivity contribution in [1.29, 1.82) is 0 Å². The summed E-state index contributed by atoms with van der Waals surface area (Å²) in [5.74, 6) is 0. The smallest absolute Gasteiger partial charge is 0.0527 e. The predicted octanol–water partition coefficient (Wildman–Crippen LogP) is 2.07. The van der Waals surface area contributed by atoms with Gasteiger partial charge in [0.2, 0.25) is 0 Å². The Morgan fingerprint density at radius 3 is 2.57 bits per heavy atom. The van der Waals surface area contributed by atoms with Crippen molar-refractivity contribution in [2.75, 3.05) is 12.3 Å². The molecule has 0 bridgehead atoms. The Labute approximate surface area is 84.7 Å². The van der Waals surface area contributed by atoms with E-state index in [0.717, 1.165) is 18.5 Å². The van der Waals surface area contributed by atoms with E-state index in [1.165, 1.54) is 18.4 Å². The van der Waals surface area contributed by atoms with Gasteiger partial charge in [0.1, 0.15) is 0 Å². The summed E-state index contributed by atoms with van der Waals surface area (Å²) in [4.78, 5) is 0. The van der Waals surface area contributed by atoms with Crippen LogP contribution in [0.5, 0.6) is 0 Å². The summed E-state index contributed by atoms with van der Waals surface area (Å²) in [6, 6.07) is 7.95. The molecule has 76 valence electrons. The predicted molar refractivity (Wildman–Crippen MR) is 58.1 cm³/mol. The first-order valence-corrected chi connectivity index (χ1v) is 5.24. The highest BCUT2D eigenvalue weighted by Crippen LogP contribution is 2.40. The van der Waals surface area contributed by atoms with Crippen LogP contribution in [0.1, 0.15) is 31.2 Å². The number of benzene rings is 1. The van der Waals surface area contributed by atoms with Crippen molar-refractivity contribution in [2.45, 2.75) is 31.1 Å². The van der Waals surface area contributed by atoms with Crippen LogP contribution in [-0.2, 0) is 5.41 Å². The van der Waals surface area contributed by atoms with Gasteiger partial charge in [0.25, 0.3) is 0 Å². The molecule has 1 fully saturated rings. The first-order valence-electron chi connectivity index (χ1n) is 5.24. The van der Waals surface area contributed by atoms with Crippen LogP contribution in [0.15, 0.2) is 24.3 Å². The van der Waals surface area contributed by atoms with Crippen LogP contribution in [-0.4, -0.2) is 11.7 Å². The van der Waals surface area contributed by atoms with Crippen molar-refractivity contribution in [2.24, 2.45) is 0 Å². The lowest BCUT2D eigenvalue weighted by atomic mass is 9.79. The summed E-state index contributed by atoms with van der Waals surface area (Å²) < 4.78 is 0. The molecule has 14 heavy (non-hydrogen) atoms. The van der Waals surface area contributed by atoms with Gasteiger partial charge < -0.3 is 10.8 Å². The van der Waals surface area contributed by atoms with E-state index in [9.17, 15) is 5.11 Å². The molecule has 0 saturated heterocycles. The Morgan fingerprint density at radius 2 is 2.00 bits per heavy atom. The summed E-state index contributed by atoms with van der Waals surface area (Å²) in [7, 11) is 0. The van der Waals surface area contributed by atoms with Gasteiger partial charge in [-0.15, -0.1) is 0 Å². The van der Waals surface area contributed by atoms with Crippen molar-refractivity contribution in [3.63, 3.8) is 0 Å². The largest absolute Gasteiger partial charge is 0.399 e. The molecular weight excluding hydrogens is 174 g/mol. The number of hydrogen-bond acceptors (Lipinski definition) is 2. The Kier molecular flexibility index (Phi) is 2.46. The molecule has 2 nitrogen and oxygen atoms in total. The molecule has 1 aliphatic rings. The molecular formula is C12H17NO. The molecule has 1 aliphatic carbocycles. The molecule has 0 atom stereocenters. The van der Waals surface area contributed by atoms with Crippen LogP contribution in [0.3, 0.4) is 0 Å². The molecule has 3 N–H and O–H groups in total. The molecule has 0 heterocycles. The zero-order chi connectivity index (χ0) is 10.0. The van der Waals surface area contributed by atoms with E-state index >= 15 is 0 Å². The molecule has 0 radical (unpaired) electrons. The molecule has 1 saturated carbocycles. The van der Waals surface area contributed by atoms with E-state index in [1.54, 1.807) is 0 Å². The summed E-state index contributed by atoms with van der Waals surface area (Å²) in [6.45, 7) is 0.246. The summed E-state index contributed by atoms with van der Waals surface area (Å²) >= 11 is 0. The first kappa shape index (κ1) is 9.53. The number of rotatable bonds is 2. The molecule has 0 aromatic heterocycles. The lowest BCUT2D eigenvalue weighted by Gasteiger charge is -2.27. The average molecular weight is 191 g/mol. The molecule has 0 spiro atoms. The Morgan fingerprint density at radius 1 is 1.29 bits per heavy atom. The Bertz CT molecular complexity index is 316. The van der Waals surface area contributed by atoms with Crippen molar-refractivity contribution in [3.8, 4) is 0 Å². The summed E-state index contributed by atoms with van der Waals surface area (Å²) in [5.41, 5.74) is 7.75. The minimum absolute atomic E-state index is 0.00458. The van der Waals surface area contributed by atoms with E-state index in [-0.39, 0.29) is 12.0 Å². The summed E-state index contributed by atoms with van der Waals surface area (Å²) in [5, 5.41) is 9.52. The molecule has 0 amide bonds. The Balaban J connectivity index is 2.35. The van der Waals surface area contributed by atoms with Gasteiger partial charge in [-0.25, -0.2) is 0 Å². The lowest BCUT2D eigenvalue weighted by molar-refractivity contribution is 0.196. The minimum Gasteiger partial charge on any atom is -0.399 e. The second-order valence-corrected chi connectivity index (χ2v) is 4.27. The third-order valence-corrected chi connectivity index (χ3v) is 3.36. The molecule has 2 heteroatoms. The van der Waals surface area contributed by atoms with Gasteiger partial charge in [0, 0.05) is 11.1 Å². The first-order chi connectivity index (χ1) is 6.77. The zero-order valence-electron chi connectivity index (χ0n) is 8.37. The number of hydrogen-bond donors (Lipinski definition) is 2. The number of nitrogens with two attached hydrogens (primary N) is 1. The molecule has 1 aromatic carbocycles. The molecule has 2 rings (SSSR count). The second kappa shape index (κ2) is 3.62. The average Bonchev–Trinajstić information content (AvgIpc) is 2.67. The van der Waals surface area contributed by atoms with Gasteiger partial charge in [-0.3, -0.25) is 0 Å². The van der Waals surface area contributed by atoms with Gasteiger partial charge in [-0.05, 0) is 30.5 Å². The fourth-order valence-corrected chi connectivity index (χ4v) is 2.46. The Hall–Kier alpha value is -1.02.